The van der Waals surface area contributed by atoms with Crippen molar-refractivity contribution < 1.29 is 19.2 Å². The summed E-state index contributed by atoms with van der Waals surface area (Å²) in [6.45, 7) is 1.76. The maximum atomic E-state index is 12.3. The maximum Gasteiger partial charge on any atom is 0.261 e. The Hall–Kier alpha value is -2.35. The number of amides is 4. The summed E-state index contributed by atoms with van der Waals surface area (Å²) in [7, 11) is 0. The van der Waals surface area contributed by atoms with Crippen LogP contribution in [-0.4, -0.2) is 60.2 Å². The molecule has 2 N–H and O–H groups in total. The van der Waals surface area contributed by atoms with E-state index in [0.29, 0.717) is 43.5 Å². The highest BCUT2D eigenvalue weighted by molar-refractivity contribution is 7.98. The van der Waals surface area contributed by atoms with Crippen LogP contribution in [0.15, 0.2) is 24.3 Å². The smallest absolute Gasteiger partial charge is 0.261 e. The Balaban J connectivity index is 1.44. The van der Waals surface area contributed by atoms with Crippen molar-refractivity contribution in [1.29, 1.82) is 0 Å². The molecular weight excluding hydrogens is 426 g/mol. The Labute approximate surface area is 195 Å². The lowest BCUT2D eigenvalue weighted by molar-refractivity contribution is -0.122. The van der Waals surface area contributed by atoms with E-state index >= 15 is 0 Å². The fraction of sp³-hybridized carbons (Fsp3) is 0.583. The summed E-state index contributed by atoms with van der Waals surface area (Å²) in [6.07, 6.45) is 8.87. The summed E-state index contributed by atoms with van der Waals surface area (Å²) in [6, 6.07) is 6.89. The van der Waals surface area contributed by atoms with Gasteiger partial charge in [0.05, 0.1) is 11.1 Å². The van der Waals surface area contributed by atoms with Crippen molar-refractivity contribution in [2.24, 2.45) is 0 Å². The number of hydrogen-bond donors (Lipinski definition) is 2. The highest BCUT2D eigenvalue weighted by atomic mass is 32.2. The molecule has 1 aromatic carbocycles. The molecule has 0 aromatic heterocycles. The molecule has 4 amide bonds. The number of nitrogens with one attached hydrogen (secondary N) is 2. The molecule has 8 heteroatoms. The van der Waals surface area contributed by atoms with E-state index in [-0.39, 0.29) is 23.6 Å². The van der Waals surface area contributed by atoms with Gasteiger partial charge in [0, 0.05) is 32.5 Å². The average Bonchev–Trinajstić information content (AvgIpc) is 3.03. The highest BCUT2D eigenvalue weighted by Gasteiger charge is 2.34. The van der Waals surface area contributed by atoms with Gasteiger partial charge in [0.1, 0.15) is 0 Å². The minimum absolute atomic E-state index is 0.0252. The van der Waals surface area contributed by atoms with Crippen molar-refractivity contribution in [1.82, 2.24) is 15.5 Å². The molecule has 1 aromatic rings. The first kappa shape index (κ1) is 25.9. The first-order chi connectivity index (χ1) is 15.5. The van der Waals surface area contributed by atoms with Gasteiger partial charge in [0.15, 0.2) is 0 Å². The lowest BCUT2D eigenvalue weighted by Crippen LogP contribution is -2.30. The third-order valence-electron chi connectivity index (χ3n) is 5.41. The Morgan fingerprint density at radius 1 is 0.781 bits per heavy atom. The van der Waals surface area contributed by atoms with Gasteiger partial charge in [-0.15, -0.1) is 0 Å². The normalized spacial score (nSPS) is 12.7. The largest absolute Gasteiger partial charge is 0.356 e. The number of unbranched alkanes of at least 4 members (excludes halogenated alkanes) is 4. The number of imide groups is 1. The molecule has 1 heterocycles. The number of benzene rings is 1. The van der Waals surface area contributed by atoms with Gasteiger partial charge in [0.2, 0.25) is 11.8 Å². The predicted octanol–water partition coefficient (Wildman–Crippen LogP) is 3.39. The fourth-order valence-electron chi connectivity index (χ4n) is 3.61. The summed E-state index contributed by atoms with van der Waals surface area (Å²) < 4.78 is 0. The van der Waals surface area contributed by atoms with Gasteiger partial charge in [-0.05, 0) is 56.2 Å². The Morgan fingerprint density at radius 2 is 1.31 bits per heavy atom. The molecule has 1 aliphatic heterocycles. The van der Waals surface area contributed by atoms with Crippen LogP contribution in [0.4, 0.5) is 0 Å². The molecule has 1 aliphatic rings. The number of carbonyl (C=O) groups is 4. The van der Waals surface area contributed by atoms with E-state index < -0.39 is 0 Å². The summed E-state index contributed by atoms with van der Waals surface area (Å²) in [5.41, 5.74) is 0.951. The van der Waals surface area contributed by atoms with Crippen molar-refractivity contribution in [2.75, 3.05) is 31.6 Å². The molecule has 0 radical (unpaired) electrons. The molecule has 0 spiro atoms. The van der Waals surface area contributed by atoms with Crippen molar-refractivity contribution >= 4 is 35.4 Å². The third kappa shape index (κ3) is 8.65. The summed E-state index contributed by atoms with van der Waals surface area (Å²) in [4.78, 5) is 49.5. The Kier molecular flexibility index (Phi) is 11.9. The van der Waals surface area contributed by atoms with Gasteiger partial charge in [-0.3, -0.25) is 24.1 Å². The fourth-order valence-corrected chi connectivity index (χ4v) is 4.04. The zero-order valence-corrected chi connectivity index (χ0v) is 19.8. The molecule has 0 atom stereocenters. The summed E-state index contributed by atoms with van der Waals surface area (Å²) in [5.74, 6) is 0.744. The predicted molar refractivity (Wildman–Crippen MR) is 128 cm³/mol. The summed E-state index contributed by atoms with van der Waals surface area (Å²) in [5, 5.41) is 5.84. The minimum Gasteiger partial charge on any atom is -0.356 e. The lowest BCUT2D eigenvalue weighted by atomic mass is 10.1. The molecule has 0 fully saturated rings. The van der Waals surface area contributed by atoms with Gasteiger partial charge in [-0.1, -0.05) is 25.0 Å². The first-order valence-electron chi connectivity index (χ1n) is 11.5. The van der Waals surface area contributed by atoms with Crippen LogP contribution in [0.1, 0.15) is 78.5 Å². The van der Waals surface area contributed by atoms with Crippen LogP contribution in [0, 0.1) is 0 Å². The van der Waals surface area contributed by atoms with Crippen molar-refractivity contribution in [3.63, 3.8) is 0 Å². The van der Waals surface area contributed by atoms with Crippen molar-refractivity contribution in [3.8, 4) is 0 Å². The SMILES string of the molecule is CSCCCNC(=O)CCCCCNC(=O)CCCCCN1C(=O)c2ccccc2C1=O. The van der Waals surface area contributed by atoms with Crippen LogP contribution >= 0.6 is 11.8 Å². The van der Waals surface area contributed by atoms with Crippen molar-refractivity contribution in [2.45, 2.75) is 57.8 Å². The van der Waals surface area contributed by atoms with E-state index in [1.807, 2.05) is 0 Å². The highest BCUT2D eigenvalue weighted by Crippen LogP contribution is 2.22. The van der Waals surface area contributed by atoms with Gasteiger partial charge < -0.3 is 10.6 Å². The standard InChI is InChI=1S/C24H35N3O4S/c1-32-18-10-16-26-22(29)13-4-2-8-15-25-21(28)14-5-3-9-17-27-23(30)19-11-6-7-12-20(19)24(27)31/h6-7,11-12H,2-5,8-10,13-18H2,1H3,(H,25,28)(H,26,29). The number of hydrogen-bond acceptors (Lipinski definition) is 5. The van der Waals surface area contributed by atoms with Gasteiger partial charge in [0.25, 0.3) is 11.8 Å². The van der Waals surface area contributed by atoms with Crippen LogP contribution in [0.3, 0.4) is 0 Å². The molecule has 176 valence electrons. The maximum absolute atomic E-state index is 12.3. The molecule has 7 nitrogen and oxygen atoms in total. The number of fused-ring (bicyclic) bond motifs is 1. The van der Waals surface area contributed by atoms with Gasteiger partial charge >= 0.3 is 0 Å². The number of thioether (sulfide) groups is 1. The first-order valence-corrected chi connectivity index (χ1v) is 12.9. The van der Waals surface area contributed by atoms with E-state index in [9.17, 15) is 19.2 Å². The monoisotopic (exact) mass is 461 g/mol. The second-order valence-corrected chi connectivity index (χ2v) is 8.96. The second-order valence-electron chi connectivity index (χ2n) is 7.98. The van der Waals surface area contributed by atoms with Crippen molar-refractivity contribution in [3.05, 3.63) is 35.4 Å². The molecule has 0 bridgehead atoms. The third-order valence-corrected chi connectivity index (χ3v) is 6.11. The van der Waals surface area contributed by atoms with Gasteiger partial charge in [-0.2, -0.15) is 11.8 Å². The van der Waals surface area contributed by atoms with E-state index in [0.717, 1.165) is 50.8 Å². The number of carbonyl (C=O) groups excluding carboxylic acids is 4. The van der Waals surface area contributed by atoms with Gasteiger partial charge in [-0.25, -0.2) is 0 Å². The van der Waals surface area contributed by atoms with Crippen LogP contribution in [0.25, 0.3) is 0 Å². The Morgan fingerprint density at radius 3 is 1.88 bits per heavy atom. The summed E-state index contributed by atoms with van der Waals surface area (Å²) >= 11 is 1.78. The lowest BCUT2D eigenvalue weighted by Gasteiger charge is -2.13. The number of rotatable bonds is 16. The van der Waals surface area contributed by atoms with Crippen LogP contribution < -0.4 is 10.6 Å². The molecule has 0 aliphatic carbocycles. The number of nitrogens with zero attached hydrogens (tertiary/aromatic N) is 1. The second kappa shape index (κ2) is 14.7. The Bertz CT molecular complexity index is 749. The van der Waals surface area contributed by atoms with Crippen LogP contribution in [0.2, 0.25) is 0 Å². The van der Waals surface area contributed by atoms with E-state index in [4.69, 9.17) is 0 Å². The van der Waals surface area contributed by atoms with Crippen LogP contribution in [-0.2, 0) is 9.59 Å². The molecule has 32 heavy (non-hydrogen) atoms. The van der Waals surface area contributed by atoms with E-state index in [2.05, 4.69) is 16.9 Å². The average molecular weight is 462 g/mol. The molecular formula is C24H35N3O4S. The molecule has 2 rings (SSSR count). The zero-order valence-electron chi connectivity index (χ0n) is 19.0. The van der Waals surface area contributed by atoms with E-state index in [1.54, 1.807) is 36.0 Å². The zero-order chi connectivity index (χ0) is 23.2. The van der Waals surface area contributed by atoms with Crippen LogP contribution in [0.5, 0.6) is 0 Å². The molecule has 0 unspecified atom stereocenters. The topological polar surface area (TPSA) is 95.6 Å². The molecule has 0 saturated carbocycles. The molecule has 0 saturated heterocycles. The minimum atomic E-state index is -0.226. The quantitative estimate of drug-likeness (QED) is 0.291. The van der Waals surface area contributed by atoms with E-state index in [1.165, 1.54) is 4.90 Å².